The number of aryl methyl sites for hydroxylation is 1. The number of hydrogen-bond acceptors (Lipinski definition) is 10. The summed E-state index contributed by atoms with van der Waals surface area (Å²) in [7, 11) is 4.66. The molecule has 12 heteroatoms. The van der Waals surface area contributed by atoms with E-state index in [2.05, 4.69) is 25.9 Å². The van der Waals surface area contributed by atoms with E-state index in [9.17, 15) is 14.4 Å². The Labute approximate surface area is 277 Å². The summed E-state index contributed by atoms with van der Waals surface area (Å²) >= 11 is 1.30. The predicted octanol–water partition coefficient (Wildman–Crippen LogP) is 5.85. The second kappa shape index (κ2) is 14.6. The van der Waals surface area contributed by atoms with Crippen LogP contribution in [-0.2, 0) is 16.0 Å². The summed E-state index contributed by atoms with van der Waals surface area (Å²) in [5.41, 5.74) is 4.31. The summed E-state index contributed by atoms with van der Waals surface area (Å²) in [5, 5.41) is 11.4. The van der Waals surface area contributed by atoms with E-state index >= 15 is 0 Å². The van der Waals surface area contributed by atoms with E-state index in [4.69, 9.17) is 14.2 Å². The number of benzene rings is 1. The monoisotopic (exact) mass is 657 g/mol. The van der Waals surface area contributed by atoms with Gasteiger partial charge < -0.3 is 30.2 Å². The van der Waals surface area contributed by atoms with Gasteiger partial charge in [0.1, 0.15) is 11.7 Å². The van der Waals surface area contributed by atoms with Crippen LogP contribution in [0.15, 0.2) is 58.8 Å². The lowest BCUT2D eigenvalue weighted by molar-refractivity contribution is -0.120. The number of aromatic nitrogens is 2. The molecule has 2 atom stereocenters. The Hall–Kier alpha value is -4.97. The molecule has 0 radical (unpaired) electrons. The van der Waals surface area contributed by atoms with E-state index in [1.54, 1.807) is 26.5 Å². The van der Waals surface area contributed by atoms with Gasteiger partial charge in [0.15, 0.2) is 16.6 Å². The van der Waals surface area contributed by atoms with Gasteiger partial charge in [-0.05, 0) is 72.2 Å². The molecule has 2 aromatic heterocycles. The third-order valence-corrected chi connectivity index (χ3v) is 8.69. The maximum atomic E-state index is 13.9. The van der Waals surface area contributed by atoms with Crippen molar-refractivity contribution in [1.29, 1.82) is 0 Å². The second-order valence-corrected chi connectivity index (χ2v) is 12.5. The van der Waals surface area contributed by atoms with Gasteiger partial charge in [0.25, 0.3) is 0 Å². The van der Waals surface area contributed by atoms with E-state index in [1.165, 1.54) is 31.4 Å². The molecule has 11 nitrogen and oxygen atoms in total. The quantitative estimate of drug-likeness (QED) is 0.181. The van der Waals surface area contributed by atoms with E-state index in [0.29, 0.717) is 64.2 Å². The molecule has 1 aliphatic rings. The molecule has 0 saturated heterocycles. The molecule has 246 valence electrons. The van der Waals surface area contributed by atoms with Crippen molar-refractivity contribution in [1.82, 2.24) is 15.3 Å². The molecule has 47 heavy (non-hydrogen) atoms. The molecule has 2 aromatic carbocycles. The highest BCUT2D eigenvalue weighted by Gasteiger charge is 2.30. The zero-order valence-corrected chi connectivity index (χ0v) is 28.1. The molecule has 0 bridgehead atoms. The zero-order chi connectivity index (χ0) is 33.7. The van der Waals surface area contributed by atoms with Crippen molar-refractivity contribution in [2.75, 3.05) is 32.0 Å². The average Bonchev–Trinajstić information content (AvgIpc) is 3.40. The van der Waals surface area contributed by atoms with Crippen molar-refractivity contribution < 1.29 is 23.8 Å². The Kier molecular flexibility index (Phi) is 10.4. The van der Waals surface area contributed by atoms with Gasteiger partial charge in [-0.1, -0.05) is 26.0 Å². The van der Waals surface area contributed by atoms with Gasteiger partial charge in [0.05, 0.1) is 38.8 Å². The first kappa shape index (κ1) is 33.4. The van der Waals surface area contributed by atoms with Crippen molar-refractivity contribution in [3.05, 3.63) is 75.4 Å². The number of nitrogens with zero attached hydrogens (tertiary/aromatic N) is 2. The molecule has 0 spiro atoms. The van der Waals surface area contributed by atoms with Gasteiger partial charge in [-0.3, -0.25) is 19.4 Å². The Bertz CT molecular complexity index is 1830. The second-order valence-electron chi connectivity index (χ2n) is 11.7. The number of methoxy groups -OCH3 is 3. The van der Waals surface area contributed by atoms with Crippen molar-refractivity contribution >= 4 is 34.0 Å². The minimum atomic E-state index is -0.732. The molecule has 5 rings (SSSR count). The molecule has 3 N–H and O–H groups in total. The number of hydrogen-bond donors (Lipinski definition) is 3. The van der Waals surface area contributed by atoms with Crippen LogP contribution in [0, 0.1) is 5.92 Å². The van der Waals surface area contributed by atoms with Gasteiger partial charge in [0, 0.05) is 24.1 Å². The fourth-order valence-corrected chi connectivity index (χ4v) is 6.58. The van der Waals surface area contributed by atoms with E-state index in [0.717, 1.165) is 11.1 Å². The molecule has 0 aliphatic heterocycles. The largest absolute Gasteiger partial charge is 0.493 e. The van der Waals surface area contributed by atoms with Crippen molar-refractivity contribution in [3.8, 4) is 39.8 Å². The number of anilines is 2. The summed E-state index contributed by atoms with van der Waals surface area (Å²) in [5.74, 6) is 1.02. The maximum Gasteiger partial charge on any atom is 0.248 e. The molecule has 2 unspecified atom stereocenters. The number of carbonyl (C=O) groups is 2. The van der Waals surface area contributed by atoms with Crippen molar-refractivity contribution in [3.63, 3.8) is 0 Å². The van der Waals surface area contributed by atoms with Gasteiger partial charge in [0.2, 0.25) is 23.0 Å². The molecule has 0 fully saturated rings. The third-order valence-electron chi connectivity index (χ3n) is 7.93. The number of rotatable bonds is 11. The van der Waals surface area contributed by atoms with Crippen LogP contribution in [0.2, 0.25) is 0 Å². The number of fused-ring (bicyclic) bond motifs is 3. The van der Waals surface area contributed by atoms with E-state index < -0.39 is 12.1 Å². The van der Waals surface area contributed by atoms with Crippen LogP contribution in [0.25, 0.3) is 22.5 Å². The zero-order valence-electron chi connectivity index (χ0n) is 27.3. The first-order chi connectivity index (χ1) is 22.6. The summed E-state index contributed by atoms with van der Waals surface area (Å²) in [6.07, 6.45) is 3.28. The Morgan fingerprint density at radius 3 is 2.47 bits per heavy atom. The molecular weight excluding hydrogens is 618 g/mol. The molecule has 2 heterocycles. The highest BCUT2D eigenvalue weighted by molar-refractivity contribution is 7.14. The fraction of sp³-hybridized carbons (Fsp3) is 0.343. The topological polar surface area (TPSA) is 141 Å². The van der Waals surface area contributed by atoms with E-state index in [1.807, 2.05) is 49.6 Å². The smallest absolute Gasteiger partial charge is 0.248 e. The summed E-state index contributed by atoms with van der Waals surface area (Å²) < 4.78 is 17.2. The van der Waals surface area contributed by atoms with Crippen LogP contribution in [0.1, 0.15) is 50.8 Å². The van der Waals surface area contributed by atoms with Crippen LogP contribution < -0.4 is 35.6 Å². The molecule has 0 saturated carbocycles. The Morgan fingerprint density at radius 2 is 1.81 bits per heavy atom. The number of pyridine rings is 1. The van der Waals surface area contributed by atoms with Crippen molar-refractivity contribution in [2.45, 2.75) is 52.1 Å². The maximum absolute atomic E-state index is 13.9. The summed E-state index contributed by atoms with van der Waals surface area (Å²) in [6, 6.07) is 11.3. The van der Waals surface area contributed by atoms with Crippen LogP contribution in [0.5, 0.6) is 17.2 Å². The number of ether oxygens (including phenoxy) is 3. The highest BCUT2D eigenvalue weighted by Crippen LogP contribution is 2.50. The standard InChI is InChI=1S/C35H39N5O6S/c1-19(2)15-27(34(43)40-35-39-28(18-47-35)25-9-7-8-14-36-25)38-26-13-11-22-23(17-29(26)42)24(37-20(3)41)12-10-21-16-30(44-4)32(45-5)33(46-6)31(21)22/h7-9,11,13-14,16-19,24,27H,10,12,15H2,1-6H3,(H,37,41)(H,38,42)(H,39,40,43). The summed E-state index contributed by atoms with van der Waals surface area (Å²) in [4.78, 5) is 48.7. The SMILES string of the molecule is COc1cc2c(c(OC)c1OC)-c1ccc(NC(CC(C)C)C(=O)Nc3nc(-c4ccccn4)cs3)c(=O)cc1C(NC(C)=O)CC2. The van der Waals surface area contributed by atoms with Crippen LogP contribution in [0.3, 0.4) is 0 Å². The normalized spacial score (nSPS) is 14.2. The van der Waals surface area contributed by atoms with Gasteiger partial charge in [-0.25, -0.2) is 4.98 Å². The molecular formula is C35H39N5O6S. The Morgan fingerprint density at radius 1 is 1.02 bits per heavy atom. The third kappa shape index (κ3) is 7.38. The average molecular weight is 658 g/mol. The summed E-state index contributed by atoms with van der Waals surface area (Å²) in [6.45, 7) is 5.48. The van der Waals surface area contributed by atoms with Crippen molar-refractivity contribution in [2.24, 2.45) is 5.92 Å². The minimum Gasteiger partial charge on any atom is -0.493 e. The van der Waals surface area contributed by atoms with Gasteiger partial charge in [-0.15, -0.1) is 11.3 Å². The minimum absolute atomic E-state index is 0.144. The number of carbonyl (C=O) groups excluding carboxylic acids is 2. The van der Waals surface area contributed by atoms with E-state index in [-0.39, 0.29) is 28.8 Å². The first-order valence-electron chi connectivity index (χ1n) is 15.3. The van der Waals surface area contributed by atoms with Gasteiger partial charge >= 0.3 is 0 Å². The number of amides is 2. The highest BCUT2D eigenvalue weighted by atomic mass is 32.1. The lowest BCUT2D eigenvalue weighted by Gasteiger charge is -2.20. The number of nitrogens with one attached hydrogen (secondary N) is 3. The predicted molar refractivity (Wildman–Crippen MR) is 184 cm³/mol. The molecule has 1 aliphatic carbocycles. The fourth-order valence-electron chi connectivity index (χ4n) is 5.87. The van der Waals surface area contributed by atoms with Crippen LogP contribution in [-0.4, -0.2) is 49.2 Å². The first-order valence-corrected chi connectivity index (χ1v) is 16.2. The molecule has 4 aromatic rings. The van der Waals surface area contributed by atoms with Gasteiger partial charge in [-0.2, -0.15) is 0 Å². The van der Waals surface area contributed by atoms with Crippen LogP contribution >= 0.6 is 11.3 Å². The molecule has 2 amide bonds. The lowest BCUT2D eigenvalue weighted by atomic mass is 9.95. The van der Waals surface area contributed by atoms with Crippen LogP contribution in [0.4, 0.5) is 10.8 Å². The lowest BCUT2D eigenvalue weighted by Crippen LogP contribution is -2.37. The number of thiazole rings is 1. The Balaban J connectivity index is 1.55.